The third kappa shape index (κ3) is 16.3. The van der Waals surface area contributed by atoms with Gasteiger partial charge in [-0.15, -0.1) is 0 Å². The van der Waals surface area contributed by atoms with Gasteiger partial charge in [-0.3, -0.25) is 4.99 Å². The van der Waals surface area contributed by atoms with Gasteiger partial charge in [-0.1, -0.05) is 117 Å². The Kier molecular flexibility index (Phi) is 18.7. The number of unbranched alkanes of at least 4 members (excludes halogenated alkanes) is 16. The van der Waals surface area contributed by atoms with E-state index in [0.717, 1.165) is 30.9 Å². The van der Waals surface area contributed by atoms with Gasteiger partial charge in [0.05, 0.1) is 18.9 Å². The molecule has 0 aliphatic carbocycles. The molecule has 1 N–H and O–H groups in total. The first-order valence-electron chi connectivity index (χ1n) is 16.0. The first-order chi connectivity index (χ1) is 19.2. The van der Waals surface area contributed by atoms with Crippen molar-refractivity contribution in [2.24, 2.45) is 4.99 Å². The summed E-state index contributed by atoms with van der Waals surface area (Å²) in [6, 6.07) is 13.2. The van der Waals surface area contributed by atoms with Crippen LogP contribution in [-0.2, 0) is 0 Å². The van der Waals surface area contributed by atoms with Gasteiger partial charge < -0.3 is 14.6 Å². The van der Waals surface area contributed by atoms with Crippen LogP contribution < -0.4 is 9.47 Å². The summed E-state index contributed by atoms with van der Waals surface area (Å²) in [5.74, 6) is 1.76. The Morgan fingerprint density at radius 2 is 1.00 bits per heavy atom. The average molecular weight is 538 g/mol. The molecule has 2 aromatic rings. The Hall–Kier alpha value is -2.49. The molecule has 39 heavy (non-hydrogen) atoms. The normalized spacial score (nSPS) is 11.3. The molecule has 0 fully saturated rings. The van der Waals surface area contributed by atoms with Crippen molar-refractivity contribution in [3.05, 3.63) is 48.0 Å². The van der Waals surface area contributed by atoms with E-state index in [2.05, 4.69) is 18.8 Å². The highest BCUT2D eigenvalue weighted by Gasteiger charge is 2.03. The van der Waals surface area contributed by atoms with Crippen LogP contribution in [0.4, 0.5) is 5.69 Å². The molecule has 0 spiro atoms. The molecule has 0 aliphatic rings. The number of benzene rings is 2. The SMILES string of the molecule is CCCCCCCCCCCCCCOc1ccc(N=Cc2ccc(OCCCCCCCC)cc2O)cc1. The Morgan fingerprint density at radius 3 is 1.49 bits per heavy atom. The maximum Gasteiger partial charge on any atom is 0.128 e. The van der Waals surface area contributed by atoms with Crippen molar-refractivity contribution in [3.8, 4) is 17.2 Å². The smallest absolute Gasteiger partial charge is 0.128 e. The largest absolute Gasteiger partial charge is 0.507 e. The lowest BCUT2D eigenvalue weighted by Crippen LogP contribution is -1.97. The molecule has 0 amide bonds. The van der Waals surface area contributed by atoms with Crippen LogP contribution in [0.3, 0.4) is 0 Å². The van der Waals surface area contributed by atoms with Crippen LogP contribution in [0.25, 0.3) is 0 Å². The van der Waals surface area contributed by atoms with E-state index in [-0.39, 0.29) is 5.75 Å². The lowest BCUT2D eigenvalue weighted by atomic mass is 10.1. The molecular formula is C35H55NO3. The molecule has 0 aromatic heterocycles. The van der Waals surface area contributed by atoms with Crippen molar-refractivity contribution >= 4 is 11.9 Å². The zero-order valence-corrected chi connectivity index (χ0v) is 25.0. The molecule has 4 nitrogen and oxygen atoms in total. The van der Waals surface area contributed by atoms with Crippen LogP contribution >= 0.6 is 0 Å². The van der Waals surface area contributed by atoms with Crippen LogP contribution in [-0.4, -0.2) is 24.5 Å². The van der Waals surface area contributed by atoms with Crippen LogP contribution in [0, 0.1) is 0 Å². The Bertz CT molecular complexity index is 878. The minimum absolute atomic E-state index is 0.182. The average Bonchev–Trinajstić information content (AvgIpc) is 2.95. The van der Waals surface area contributed by atoms with Crippen molar-refractivity contribution < 1.29 is 14.6 Å². The second kappa shape index (κ2) is 22.3. The molecule has 218 valence electrons. The minimum Gasteiger partial charge on any atom is -0.507 e. The summed E-state index contributed by atoms with van der Waals surface area (Å²) >= 11 is 0. The summed E-state index contributed by atoms with van der Waals surface area (Å²) in [6.45, 7) is 5.96. The predicted molar refractivity (Wildman–Crippen MR) is 167 cm³/mol. The molecule has 0 radical (unpaired) electrons. The maximum atomic E-state index is 10.4. The Morgan fingerprint density at radius 1 is 0.564 bits per heavy atom. The van der Waals surface area contributed by atoms with Gasteiger partial charge in [0.25, 0.3) is 0 Å². The van der Waals surface area contributed by atoms with E-state index >= 15 is 0 Å². The van der Waals surface area contributed by atoms with E-state index in [1.165, 1.54) is 103 Å². The second-order valence-electron chi connectivity index (χ2n) is 10.8. The van der Waals surface area contributed by atoms with Gasteiger partial charge >= 0.3 is 0 Å². The molecular weight excluding hydrogens is 482 g/mol. The van der Waals surface area contributed by atoms with Crippen molar-refractivity contribution in [2.75, 3.05) is 13.2 Å². The van der Waals surface area contributed by atoms with E-state index in [0.29, 0.717) is 17.9 Å². The topological polar surface area (TPSA) is 51.0 Å². The van der Waals surface area contributed by atoms with E-state index in [1.54, 1.807) is 12.3 Å². The monoisotopic (exact) mass is 537 g/mol. The van der Waals surface area contributed by atoms with Gasteiger partial charge in [0, 0.05) is 17.8 Å². The lowest BCUT2D eigenvalue weighted by Gasteiger charge is -2.08. The Balaban J connectivity index is 1.56. The number of phenolic OH excluding ortho intramolecular Hbond substituents is 1. The number of nitrogens with zero attached hydrogens (tertiary/aromatic N) is 1. The van der Waals surface area contributed by atoms with Gasteiger partial charge in [-0.25, -0.2) is 0 Å². The lowest BCUT2D eigenvalue weighted by molar-refractivity contribution is 0.302. The van der Waals surface area contributed by atoms with E-state index in [4.69, 9.17) is 9.47 Å². The summed E-state index contributed by atoms with van der Waals surface area (Å²) < 4.78 is 11.7. The summed E-state index contributed by atoms with van der Waals surface area (Å²) in [5, 5.41) is 10.4. The molecule has 0 atom stereocenters. The van der Waals surface area contributed by atoms with Gasteiger partial charge in [-0.2, -0.15) is 0 Å². The number of aromatic hydroxyl groups is 1. The zero-order chi connectivity index (χ0) is 27.8. The third-order valence-electron chi connectivity index (χ3n) is 7.22. The number of hydrogen-bond acceptors (Lipinski definition) is 4. The molecule has 2 rings (SSSR count). The van der Waals surface area contributed by atoms with Crippen molar-refractivity contribution in [1.82, 2.24) is 0 Å². The standard InChI is InChI=1S/C35H55NO3/c1-3-5-7-9-11-12-13-14-15-16-18-19-27-38-33-25-22-32(23-26-33)36-30-31-21-24-34(29-35(31)37)39-28-20-17-10-8-6-4-2/h21-26,29-30,37H,3-20,27-28H2,1-2H3. The molecule has 0 bridgehead atoms. The van der Waals surface area contributed by atoms with E-state index in [1.807, 2.05) is 36.4 Å². The number of rotatable bonds is 24. The molecule has 0 aliphatic heterocycles. The molecule has 0 unspecified atom stereocenters. The molecule has 0 saturated carbocycles. The van der Waals surface area contributed by atoms with Gasteiger partial charge in [0.15, 0.2) is 0 Å². The zero-order valence-electron chi connectivity index (χ0n) is 25.0. The minimum atomic E-state index is 0.182. The number of hydrogen-bond donors (Lipinski definition) is 1. The third-order valence-corrected chi connectivity index (χ3v) is 7.22. The van der Waals surface area contributed by atoms with E-state index < -0.39 is 0 Å². The molecule has 4 heteroatoms. The van der Waals surface area contributed by atoms with Crippen molar-refractivity contribution in [2.45, 2.75) is 129 Å². The predicted octanol–water partition coefficient (Wildman–Crippen LogP) is 11.0. The van der Waals surface area contributed by atoms with Gasteiger partial charge in [0.2, 0.25) is 0 Å². The highest BCUT2D eigenvalue weighted by atomic mass is 16.5. The summed E-state index contributed by atoms with van der Waals surface area (Å²) in [4.78, 5) is 4.51. The van der Waals surface area contributed by atoms with Gasteiger partial charge in [-0.05, 0) is 49.2 Å². The van der Waals surface area contributed by atoms with Crippen LogP contribution in [0.2, 0.25) is 0 Å². The second-order valence-corrected chi connectivity index (χ2v) is 10.8. The fourth-order valence-electron chi connectivity index (χ4n) is 4.70. The Labute approximate surface area is 239 Å². The number of ether oxygens (including phenoxy) is 2. The quantitative estimate of drug-likeness (QED) is 0.107. The molecule has 0 heterocycles. The van der Waals surface area contributed by atoms with Crippen molar-refractivity contribution in [1.29, 1.82) is 0 Å². The maximum absolute atomic E-state index is 10.4. The first kappa shape index (κ1) is 32.7. The van der Waals surface area contributed by atoms with Crippen LogP contribution in [0.5, 0.6) is 17.2 Å². The van der Waals surface area contributed by atoms with E-state index in [9.17, 15) is 5.11 Å². The summed E-state index contributed by atoms with van der Waals surface area (Å²) in [5.41, 5.74) is 1.50. The first-order valence-corrected chi connectivity index (χ1v) is 16.0. The fraction of sp³-hybridized carbons (Fsp3) is 0.629. The highest BCUT2D eigenvalue weighted by Crippen LogP contribution is 2.24. The fourth-order valence-corrected chi connectivity index (χ4v) is 4.70. The highest BCUT2D eigenvalue weighted by molar-refractivity contribution is 5.85. The van der Waals surface area contributed by atoms with Crippen LogP contribution in [0.1, 0.15) is 135 Å². The molecule has 2 aromatic carbocycles. The van der Waals surface area contributed by atoms with Crippen LogP contribution in [0.15, 0.2) is 47.5 Å². The summed E-state index contributed by atoms with van der Waals surface area (Å²) in [7, 11) is 0. The summed E-state index contributed by atoms with van der Waals surface area (Å²) in [6.07, 6.45) is 25.3. The number of aliphatic imine (C=N–C) groups is 1. The molecule has 0 saturated heterocycles. The van der Waals surface area contributed by atoms with Gasteiger partial charge in [0.1, 0.15) is 17.2 Å². The number of phenols is 1. The van der Waals surface area contributed by atoms with Crippen molar-refractivity contribution in [3.63, 3.8) is 0 Å².